The molecule has 0 bridgehead atoms. The minimum Gasteiger partial charge on any atom is -0.389 e. The number of aliphatic hydroxyl groups excluding tert-OH is 2. The highest BCUT2D eigenvalue weighted by Crippen LogP contribution is 2.35. The number of hydrogen-bond acceptors (Lipinski definition) is 4. The van der Waals surface area contributed by atoms with E-state index in [0.29, 0.717) is 0 Å². The summed E-state index contributed by atoms with van der Waals surface area (Å²) in [4.78, 5) is -0.473. The van der Waals surface area contributed by atoms with Gasteiger partial charge in [0.25, 0.3) is 0 Å². The zero-order valence-electron chi connectivity index (χ0n) is 11.0. The first-order valence-corrected chi connectivity index (χ1v) is 7.52. The van der Waals surface area contributed by atoms with Gasteiger partial charge in [-0.15, -0.1) is 0 Å². The molecule has 9 heteroatoms. The van der Waals surface area contributed by atoms with Crippen LogP contribution >= 0.6 is 0 Å². The molecule has 1 aromatic carbocycles. The van der Waals surface area contributed by atoms with Crippen molar-refractivity contribution in [2.45, 2.75) is 30.2 Å². The quantitative estimate of drug-likeness (QED) is 0.841. The van der Waals surface area contributed by atoms with Gasteiger partial charge in [0.1, 0.15) is 0 Å². The van der Waals surface area contributed by atoms with Gasteiger partial charge in [-0.3, -0.25) is 0 Å². The number of halogens is 3. The molecule has 1 aliphatic heterocycles. The molecule has 1 saturated heterocycles. The molecule has 118 valence electrons. The number of aliphatic hydroxyl groups is 2. The Morgan fingerprint density at radius 3 is 2.19 bits per heavy atom. The Labute approximate surface area is 119 Å². The van der Waals surface area contributed by atoms with Crippen LogP contribution in [0.15, 0.2) is 23.1 Å². The SMILES string of the molecule is Cc1c(C(F)(F)F)cccc1S(=O)(=O)N1CC(O)C(O)C1. The molecule has 0 spiro atoms. The average molecular weight is 325 g/mol. The van der Waals surface area contributed by atoms with Crippen LogP contribution in [0.1, 0.15) is 11.1 Å². The van der Waals surface area contributed by atoms with E-state index in [1.165, 1.54) is 0 Å². The van der Waals surface area contributed by atoms with Crippen LogP contribution < -0.4 is 0 Å². The van der Waals surface area contributed by atoms with E-state index in [9.17, 15) is 31.8 Å². The molecule has 0 saturated carbocycles. The number of hydrogen-bond donors (Lipinski definition) is 2. The van der Waals surface area contributed by atoms with Gasteiger partial charge in [0.05, 0.1) is 22.7 Å². The lowest BCUT2D eigenvalue weighted by atomic mass is 10.1. The second-order valence-electron chi connectivity index (χ2n) is 4.88. The third-order valence-electron chi connectivity index (χ3n) is 3.43. The summed E-state index contributed by atoms with van der Waals surface area (Å²) >= 11 is 0. The Morgan fingerprint density at radius 2 is 1.71 bits per heavy atom. The van der Waals surface area contributed by atoms with Gasteiger partial charge in [0, 0.05) is 13.1 Å². The van der Waals surface area contributed by atoms with Crippen molar-refractivity contribution in [3.63, 3.8) is 0 Å². The molecule has 2 unspecified atom stereocenters. The van der Waals surface area contributed by atoms with E-state index in [1.54, 1.807) is 0 Å². The molecular formula is C12H14F3NO4S. The summed E-state index contributed by atoms with van der Waals surface area (Å²) in [6, 6.07) is 2.91. The van der Waals surface area contributed by atoms with Crippen molar-refractivity contribution in [1.29, 1.82) is 0 Å². The van der Waals surface area contributed by atoms with Crippen LogP contribution in [0.4, 0.5) is 13.2 Å². The number of alkyl halides is 3. The summed E-state index contributed by atoms with van der Waals surface area (Å²) in [7, 11) is -4.20. The maximum atomic E-state index is 12.8. The molecule has 5 nitrogen and oxygen atoms in total. The fourth-order valence-corrected chi connectivity index (χ4v) is 4.00. The molecule has 2 atom stereocenters. The zero-order chi connectivity index (χ0) is 16.0. The molecule has 0 aliphatic carbocycles. The van der Waals surface area contributed by atoms with E-state index in [0.717, 1.165) is 29.4 Å². The maximum Gasteiger partial charge on any atom is 0.416 e. The molecule has 21 heavy (non-hydrogen) atoms. The molecule has 1 aromatic rings. The van der Waals surface area contributed by atoms with Crippen molar-refractivity contribution in [2.75, 3.05) is 13.1 Å². The predicted octanol–water partition coefficient (Wildman–Crippen LogP) is 0.740. The number of β-amino-alcohol motifs (C(OH)–C–C–N with tert-alkyl or cyclic N) is 2. The first kappa shape index (κ1) is 16.2. The fraction of sp³-hybridized carbons (Fsp3) is 0.500. The topological polar surface area (TPSA) is 77.8 Å². The smallest absolute Gasteiger partial charge is 0.389 e. The van der Waals surface area contributed by atoms with Crippen molar-refractivity contribution in [3.8, 4) is 0 Å². The van der Waals surface area contributed by atoms with E-state index >= 15 is 0 Å². The van der Waals surface area contributed by atoms with Gasteiger partial charge in [0.2, 0.25) is 10.0 Å². The number of sulfonamides is 1. The van der Waals surface area contributed by atoms with Gasteiger partial charge in [-0.25, -0.2) is 8.42 Å². The summed E-state index contributed by atoms with van der Waals surface area (Å²) in [6.45, 7) is 0.386. The third kappa shape index (κ3) is 2.91. The molecule has 2 N–H and O–H groups in total. The fourth-order valence-electron chi connectivity index (χ4n) is 2.27. The van der Waals surface area contributed by atoms with Crippen LogP contribution in [0.25, 0.3) is 0 Å². The Kier molecular flexibility index (Phi) is 4.04. The van der Waals surface area contributed by atoms with E-state index < -0.39 is 44.4 Å². The Balaban J connectivity index is 2.47. The first-order chi connectivity index (χ1) is 9.55. The van der Waals surface area contributed by atoms with E-state index in [-0.39, 0.29) is 13.1 Å². The van der Waals surface area contributed by atoms with E-state index in [2.05, 4.69) is 0 Å². The largest absolute Gasteiger partial charge is 0.416 e. The van der Waals surface area contributed by atoms with Crippen LogP contribution in [0.3, 0.4) is 0 Å². The van der Waals surface area contributed by atoms with Crippen LogP contribution in [0.5, 0.6) is 0 Å². The normalized spacial score (nSPS) is 24.5. The minimum atomic E-state index is -4.65. The molecule has 0 aromatic heterocycles. The summed E-state index contributed by atoms with van der Waals surface area (Å²) in [6.07, 6.45) is -7.14. The van der Waals surface area contributed by atoms with E-state index in [1.807, 2.05) is 0 Å². The maximum absolute atomic E-state index is 12.8. The highest BCUT2D eigenvalue weighted by molar-refractivity contribution is 7.89. The van der Waals surface area contributed by atoms with Crippen molar-refractivity contribution in [2.24, 2.45) is 0 Å². The Hall–Kier alpha value is -1.16. The lowest BCUT2D eigenvalue weighted by Crippen LogP contribution is -2.31. The molecule has 0 amide bonds. The number of nitrogens with zero attached hydrogens (tertiary/aromatic N) is 1. The molecule has 1 heterocycles. The monoisotopic (exact) mass is 325 g/mol. The van der Waals surface area contributed by atoms with Crippen molar-refractivity contribution < 1.29 is 31.8 Å². The van der Waals surface area contributed by atoms with Crippen molar-refractivity contribution in [1.82, 2.24) is 4.31 Å². The lowest BCUT2D eigenvalue weighted by Gasteiger charge is -2.19. The van der Waals surface area contributed by atoms with Crippen LogP contribution in [0.2, 0.25) is 0 Å². The highest BCUT2D eigenvalue weighted by atomic mass is 32.2. The predicted molar refractivity (Wildman–Crippen MR) is 67.0 cm³/mol. The van der Waals surface area contributed by atoms with Gasteiger partial charge in [-0.2, -0.15) is 17.5 Å². The Morgan fingerprint density at radius 1 is 1.19 bits per heavy atom. The second kappa shape index (κ2) is 5.24. The van der Waals surface area contributed by atoms with Gasteiger partial charge < -0.3 is 10.2 Å². The summed E-state index contributed by atoms with van der Waals surface area (Å²) < 4.78 is 64.0. The molecular weight excluding hydrogens is 311 g/mol. The number of benzene rings is 1. The van der Waals surface area contributed by atoms with Crippen LogP contribution in [0, 0.1) is 6.92 Å². The molecule has 1 fully saturated rings. The van der Waals surface area contributed by atoms with Crippen molar-refractivity contribution >= 4 is 10.0 Å². The second-order valence-corrected chi connectivity index (χ2v) is 6.79. The molecule has 1 aliphatic rings. The molecule has 2 rings (SSSR count). The Bertz CT molecular complexity index is 634. The van der Waals surface area contributed by atoms with E-state index in [4.69, 9.17) is 0 Å². The number of rotatable bonds is 2. The van der Waals surface area contributed by atoms with Crippen molar-refractivity contribution in [3.05, 3.63) is 29.3 Å². The van der Waals surface area contributed by atoms with Gasteiger partial charge in [-0.05, 0) is 24.6 Å². The average Bonchev–Trinajstić information content (AvgIpc) is 2.69. The summed E-state index contributed by atoms with van der Waals surface area (Å²) in [5.41, 5.74) is -1.43. The van der Waals surface area contributed by atoms with Crippen LogP contribution in [-0.4, -0.2) is 48.2 Å². The summed E-state index contributed by atoms with van der Waals surface area (Å²) in [5, 5.41) is 18.8. The van der Waals surface area contributed by atoms with Gasteiger partial charge >= 0.3 is 6.18 Å². The standard InChI is InChI=1S/C12H14F3NO4S/c1-7-8(12(13,14)15)3-2-4-11(7)21(19,20)16-5-9(17)10(18)6-16/h2-4,9-10,17-18H,5-6H2,1H3. The lowest BCUT2D eigenvalue weighted by molar-refractivity contribution is -0.138. The van der Waals surface area contributed by atoms with Crippen LogP contribution in [-0.2, 0) is 16.2 Å². The first-order valence-electron chi connectivity index (χ1n) is 6.08. The highest BCUT2D eigenvalue weighted by Gasteiger charge is 2.40. The third-order valence-corrected chi connectivity index (χ3v) is 5.41. The molecule has 0 radical (unpaired) electrons. The summed E-state index contributed by atoms with van der Waals surface area (Å²) in [5.74, 6) is 0. The minimum absolute atomic E-state index is 0.348. The zero-order valence-corrected chi connectivity index (χ0v) is 11.8. The van der Waals surface area contributed by atoms with Gasteiger partial charge in [-0.1, -0.05) is 6.07 Å². The van der Waals surface area contributed by atoms with Gasteiger partial charge in [0.15, 0.2) is 0 Å².